The number of amides is 2. The molecule has 1 aromatic carbocycles. The van der Waals surface area contributed by atoms with Crippen LogP contribution in [0, 0.1) is 0 Å². The van der Waals surface area contributed by atoms with Crippen molar-refractivity contribution in [2.45, 2.75) is 84.7 Å². The number of rotatable bonds is 6. The second-order valence-corrected chi connectivity index (χ2v) is 13.2. The number of likely N-dealkylation sites (tertiary alicyclic amines) is 1. The Morgan fingerprint density at radius 1 is 1.21 bits per heavy atom. The van der Waals surface area contributed by atoms with Crippen molar-refractivity contribution in [3.63, 3.8) is 0 Å². The molecule has 2 aliphatic heterocycles. The van der Waals surface area contributed by atoms with Gasteiger partial charge in [-0.15, -0.1) is 5.10 Å². The summed E-state index contributed by atoms with van der Waals surface area (Å²) in [7, 11) is 0. The van der Waals surface area contributed by atoms with Crippen LogP contribution in [0.4, 0.5) is 23.7 Å². The molecule has 258 valence electrons. The number of nitrogens with zero attached hydrogens (tertiary/aromatic N) is 5. The molecule has 2 aliphatic rings. The number of carbonyl (C=O) groups excluding carboxylic acids is 2. The van der Waals surface area contributed by atoms with E-state index in [1.54, 1.807) is 36.3 Å². The summed E-state index contributed by atoms with van der Waals surface area (Å²) in [6.07, 6.45) is 0.657. The number of carbonyl (C=O) groups is 2. The maximum Gasteiger partial charge on any atom is 0.416 e. The molecule has 1 fully saturated rings. The van der Waals surface area contributed by atoms with Crippen LogP contribution in [0.25, 0.3) is 17.4 Å². The summed E-state index contributed by atoms with van der Waals surface area (Å²) in [5.74, 6) is -0.147. The minimum absolute atomic E-state index is 0.0000617. The topological polar surface area (TPSA) is 120 Å². The third-order valence-electron chi connectivity index (χ3n) is 7.99. The third-order valence-corrected chi connectivity index (χ3v) is 8.31. The standard InChI is InChI=1S/C33H38ClF3N6O5/c1-6-26-23(15-20-14-19(2)41(17-20)31(46)48-32(3,4)5)29(45)43-30(39-28(40-43)21-8-7-12-47-13-11-21)42(26)18-27(44)38-25-10-9-22(16-24(25)34)33(35,36)37/h8-10,15-16,19H,6-7,11-14,17-18H2,1-5H3,(H,38,44)/b20-15+/t19-/m1/s1. The van der Waals surface area contributed by atoms with Gasteiger partial charge in [-0.3, -0.25) is 9.59 Å². The summed E-state index contributed by atoms with van der Waals surface area (Å²) >= 11 is 6.11. The fourth-order valence-electron chi connectivity index (χ4n) is 5.78. The average Bonchev–Trinajstić information content (AvgIpc) is 3.49. The zero-order valence-electron chi connectivity index (χ0n) is 27.4. The van der Waals surface area contributed by atoms with Crippen molar-refractivity contribution in [1.82, 2.24) is 24.1 Å². The molecule has 4 heterocycles. The van der Waals surface area contributed by atoms with Gasteiger partial charge in [-0.05, 0) is 88.8 Å². The highest BCUT2D eigenvalue weighted by Crippen LogP contribution is 2.34. The molecule has 11 nitrogen and oxygen atoms in total. The predicted molar refractivity (Wildman–Crippen MR) is 175 cm³/mol. The third kappa shape index (κ3) is 7.75. The van der Waals surface area contributed by atoms with Crippen molar-refractivity contribution in [3.05, 3.63) is 67.9 Å². The van der Waals surface area contributed by atoms with Gasteiger partial charge in [-0.25, -0.2) is 4.79 Å². The number of anilines is 1. The van der Waals surface area contributed by atoms with Gasteiger partial charge < -0.3 is 24.3 Å². The molecule has 0 radical (unpaired) electrons. The van der Waals surface area contributed by atoms with Crippen molar-refractivity contribution < 1.29 is 32.2 Å². The molecule has 2 amide bonds. The van der Waals surface area contributed by atoms with E-state index in [2.05, 4.69) is 15.4 Å². The van der Waals surface area contributed by atoms with Gasteiger partial charge in [0.1, 0.15) is 12.1 Å². The number of hydrogen-bond donors (Lipinski definition) is 1. The highest BCUT2D eigenvalue weighted by molar-refractivity contribution is 6.33. The zero-order chi connectivity index (χ0) is 35.0. The number of benzene rings is 1. The molecular weight excluding hydrogens is 653 g/mol. The van der Waals surface area contributed by atoms with E-state index in [0.29, 0.717) is 50.4 Å². The first-order valence-corrected chi connectivity index (χ1v) is 16.1. The monoisotopic (exact) mass is 690 g/mol. The Hall–Kier alpha value is -4.17. The quantitative estimate of drug-likeness (QED) is 0.319. The first-order valence-electron chi connectivity index (χ1n) is 15.7. The molecule has 5 rings (SSSR count). The zero-order valence-corrected chi connectivity index (χ0v) is 28.2. The summed E-state index contributed by atoms with van der Waals surface area (Å²) in [5.41, 5.74) is 0.340. The molecule has 0 aliphatic carbocycles. The summed E-state index contributed by atoms with van der Waals surface area (Å²) in [6, 6.07) is 2.49. The number of fused-ring (bicyclic) bond motifs is 1. The van der Waals surface area contributed by atoms with Crippen molar-refractivity contribution in [2.24, 2.45) is 0 Å². The highest BCUT2D eigenvalue weighted by atomic mass is 35.5. The number of ether oxygens (including phenoxy) is 2. The van der Waals surface area contributed by atoms with Crippen LogP contribution in [-0.2, 0) is 33.4 Å². The van der Waals surface area contributed by atoms with Crippen molar-refractivity contribution in [3.8, 4) is 0 Å². The fourth-order valence-corrected chi connectivity index (χ4v) is 6.01. The molecule has 3 aromatic rings. The molecule has 1 N–H and O–H groups in total. The normalized spacial score (nSPS) is 18.3. The molecule has 48 heavy (non-hydrogen) atoms. The van der Waals surface area contributed by atoms with E-state index in [0.717, 1.165) is 33.9 Å². The van der Waals surface area contributed by atoms with E-state index >= 15 is 0 Å². The number of halogens is 4. The van der Waals surface area contributed by atoms with Crippen LogP contribution in [-0.4, -0.2) is 67.5 Å². The Morgan fingerprint density at radius 3 is 2.62 bits per heavy atom. The van der Waals surface area contributed by atoms with E-state index in [4.69, 9.17) is 21.1 Å². The van der Waals surface area contributed by atoms with Crippen molar-refractivity contribution in [1.29, 1.82) is 0 Å². The van der Waals surface area contributed by atoms with E-state index in [9.17, 15) is 27.6 Å². The Labute approximate surface area is 280 Å². The molecule has 15 heteroatoms. The van der Waals surface area contributed by atoms with Crippen LogP contribution in [0.1, 0.15) is 76.5 Å². The fraction of sp³-hybridized carbons (Fsp3) is 0.485. The van der Waals surface area contributed by atoms with Gasteiger partial charge in [-0.2, -0.15) is 22.7 Å². The van der Waals surface area contributed by atoms with E-state index in [1.807, 2.05) is 19.9 Å². The van der Waals surface area contributed by atoms with Gasteiger partial charge in [0, 0.05) is 18.3 Å². The molecule has 1 saturated heterocycles. The number of aromatic nitrogens is 4. The van der Waals surface area contributed by atoms with Gasteiger partial charge >= 0.3 is 12.3 Å². The largest absolute Gasteiger partial charge is 0.444 e. The van der Waals surface area contributed by atoms with Crippen LogP contribution < -0.4 is 10.9 Å². The van der Waals surface area contributed by atoms with E-state index < -0.39 is 34.9 Å². The second-order valence-electron chi connectivity index (χ2n) is 12.8. The highest BCUT2D eigenvalue weighted by Gasteiger charge is 2.33. The maximum absolute atomic E-state index is 14.1. The average molecular weight is 691 g/mol. The number of hydrogen-bond acceptors (Lipinski definition) is 7. The lowest BCUT2D eigenvalue weighted by Crippen LogP contribution is -2.38. The summed E-state index contributed by atoms with van der Waals surface area (Å²) < 4.78 is 53.4. The van der Waals surface area contributed by atoms with E-state index in [-0.39, 0.29) is 41.2 Å². The lowest BCUT2D eigenvalue weighted by atomic mass is 10.1. The first kappa shape index (κ1) is 35.1. The summed E-state index contributed by atoms with van der Waals surface area (Å²) in [5, 5.41) is 6.87. The second kappa shape index (κ2) is 13.7. The van der Waals surface area contributed by atoms with Crippen LogP contribution in [0.2, 0.25) is 5.02 Å². The van der Waals surface area contributed by atoms with Crippen LogP contribution >= 0.6 is 11.6 Å². The van der Waals surface area contributed by atoms with Gasteiger partial charge in [0.05, 0.1) is 35.1 Å². The molecule has 0 spiro atoms. The Kier molecular flexibility index (Phi) is 10.1. The minimum Gasteiger partial charge on any atom is -0.444 e. The van der Waals surface area contributed by atoms with Crippen molar-refractivity contribution in [2.75, 3.05) is 25.1 Å². The Morgan fingerprint density at radius 2 is 1.96 bits per heavy atom. The van der Waals surface area contributed by atoms with Crippen LogP contribution in [0.15, 0.2) is 34.6 Å². The molecule has 2 aromatic heterocycles. The minimum atomic E-state index is -4.60. The first-order chi connectivity index (χ1) is 22.6. The van der Waals surface area contributed by atoms with Gasteiger partial charge in [-0.1, -0.05) is 24.6 Å². The number of alkyl halides is 3. The van der Waals surface area contributed by atoms with Gasteiger partial charge in [0.25, 0.3) is 5.56 Å². The Balaban J connectivity index is 1.57. The smallest absolute Gasteiger partial charge is 0.416 e. The summed E-state index contributed by atoms with van der Waals surface area (Å²) in [4.78, 5) is 46.7. The van der Waals surface area contributed by atoms with Crippen LogP contribution in [0.5, 0.6) is 0 Å². The molecule has 1 atom stereocenters. The lowest BCUT2D eigenvalue weighted by Gasteiger charge is -2.26. The van der Waals surface area contributed by atoms with Crippen molar-refractivity contribution >= 4 is 46.7 Å². The molecular formula is C33H38ClF3N6O5. The SMILES string of the molecule is CCc1c(/C=C2\C[C@@H](C)N(C(=O)OC(C)(C)C)C2)c(=O)n2nc(C3=CCCOCC3)nc2n1CC(=O)Nc1ccc(C(F)(F)F)cc1Cl. The van der Waals surface area contributed by atoms with Gasteiger partial charge in [0.2, 0.25) is 11.7 Å². The maximum atomic E-state index is 14.1. The lowest BCUT2D eigenvalue weighted by molar-refractivity contribution is -0.137. The molecule has 0 bridgehead atoms. The molecule has 0 saturated carbocycles. The predicted octanol–water partition coefficient (Wildman–Crippen LogP) is 6.37. The van der Waals surface area contributed by atoms with Crippen LogP contribution in [0.3, 0.4) is 0 Å². The Bertz CT molecular complexity index is 1860. The van der Waals surface area contributed by atoms with Gasteiger partial charge in [0.15, 0.2) is 5.82 Å². The van der Waals surface area contributed by atoms with E-state index in [1.165, 1.54) is 0 Å². The summed E-state index contributed by atoms with van der Waals surface area (Å²) in [6.45, 7) is 10.0. The molecule has 0 unspecified atom stereocenters. The number of nitrogens with one attached hydrogen (secondary N) is 1.